The Balaban J connectivity index is 1.60. The number of hydrogen-bond acceptors (Lipinski definition) is 2. The molecular weight excluding hydrogens is 326 g/mol. The third-order valence-corrected chi connectivity index (χ3v) is 5.05. The number of aromatic nitrogens is 2. The normalized spacial score (nSPS) is 13.9. The van der Waals surface area contributed by atoms with E-state index in [9.17, 15) is 9.59 Å². The Kier molecular flexibility index (Phi) is 4.37. The second-order valence-electron chi connectivity index (χ2n) is 7.20. The molecule has 0 unspecified atom stereocenters. The van der Waals surface area contributed by atoms with Crippen molar-refractivity contribution < 1.29 is 4.79 Å². The van der Waals surface area contributed by atoms with Crippen LogP contribution < -0.4 is 5.56 Å². The van der Waals surface area contributed by atoms with Crippen LogP contribution >= 0.6 is 0 Å². The number of pyridine rings is 1. The lowest BCUT2D eigenvalue weighted by atomic mass is 10.2. The highest BCUT2D eigenvalue weighted by atomic mass is 16.2. The van der Waals surface area contributed by atoms with E-state index in [2.05, 4.69) is 0 Å². The van der Waals surface area contributed by atoms with Gasteiger partial charge < -0.3 is 14.0 Å². The summed E-state index contributed by atoms with van der Waals surface area (Å²) in [5.74, 6) is 0.630. The van der Waals surface area contributed by atoms with Crippen LogP contribution in [0.5, 0.6) is 0 Å². The molecule has 0 spiro atoms. The van der Waals surface area contributed by atoms with Crippen molar-refractivity contribution in [1.82, 2.24) is 14.0 Å². The van der Waals surface area contributed by atoms with Gasteiger partial charge in [0.1, 0.15) is 12.1 Å². The molecule has 1 aromatic carbocycles. The molecular formula is C21H23N3O2. The molecule has 1 saturated carbocycles. The van der Waals surface area contributed by atoms with Crippen LogP contribution in [0.4, 0.5) is 0 Å². The molecule has 5 nitrogen and oxygen atoms in total. The monoisotopic (exact) mass is 349 g/mol. The third kappa shape index (κ3) is 3.43. The Hall–Kier alpha value is -2.82. The zero-order valence-electron chi connectivity index (χ0n) is 15.0. The minimum Gasteiger partial charge on any atom is -0.344 e. The zero-order chi connectivity index (χ0) is 18.1. The number of nitrogens with zero attached hydrogens (tertiary/aromatic N) is 3. The molecule has 0 atom stereocenters. The first-order chi connectivity index (χ1) is 12.6. The minimum absolute atomic E-state index is 0.0143. The molecule has 3 aromatic rings. The van der Waals surface area contributed by atoms with Crippen molar-refractivity contribution in [1.29, 1.82) is 0 Å². The molecule has 0 bridgehead atoms. The molecule has 0 aliphatic heterocycles. The molecule has 1 aliphatic carbocycles. The number of rotatable bonds is 6. The summed E-state index contributed by atoms with van der Waals surface area (Å²) in [5, 5.41) is 0.904. The van der Waals surface area contributed by atoms with Crippen LogP contribution in [-0.4, -0.2) is 33.5 Å². The highest BCUT2D eigenvalue weighted by Gasteiger charge is 2.25. The van der Waals surface area contributed by atoms with E-state index in [1.165, 1.54) is 17.4 Å². The van der Waals surface area contributed by atoms with Crippen LogP contribution in [0, 0.1) is 5.92 Å². The number of benzene rings is 1. The molecule has 0 saturated heterocycles. The Morgan fingerprint density at radius 3 is 2.46 bits per heavy atom. The second-order valence-corrected chi connectivity index (χ2v) is 7.20. The van der Waals surface area contributed by atoms with Crippen LogP contribution in [0.15, 0.2) is 59.7 Å². The summed E-state index contributed by atoms with van der Waals surface area (Å²) in [6.45, 7) is 1.52. The summed E-state index contributed by atoms with van der Waals surface area (Å²) in [6, 6.07) is 13.9. The first kappa shape index (κ1) is 16.6. The number of fused-ring (bicyclic) bond motifs is 1. The number of hydrogen-bond donors (Lipinski definition) is 0. The lowest BCUT2D eigenvalue weighted by Gasteiger charge is -2.17. The fraction of sp³-hybridized carbons (Fsp3) is 0.333. The maximum absolute atomic E-state index is 13.0. The van der Waals surface area contributed by atoms with Crippen molar-refractivity contribution in [2.75, 3.05) is 13.6 Å². The van der Waals surface area contributed by atoms with Gasteiger partial charge in [0, 0.05) is 37.9 Å². The van der Waals surface area contributed by atoms with Gasteiger partial charge >= 0.3 is 0 Å². The van der Waals surface area contributed by atoms with Gasteiger partial charge in [-0.1, -0.05) is 30.3 Å². The number of carbonyl (C=O) groups excluding carboxylic acids is 1. The zero-order valence-corrected chi connectivity index (χ0v) is 15.0. The lowest BCUT2D eigenvalue weighted by Crippen LogP contribution is -2.35. The summed E-state index contributed by atoms with van der Waals surface area (Å²) in [6.07, 6.45) is 6.07. The SMILES string of the molecule is CN(CC1CC1)C(=O)Cn1ccc2ccn(Cc3ccccc3)c2c1=O. The Bertz CT molecular complexity index is 983. The molecule has 134 valence electrons. The summed E-state index contributed by atoms with van der Waals surface area (Å²) >= 11 is 0. The first-order valence-corrected chi connectivity index (χ1v) is 9.08. The summed E-state index contributed by atoms with van der Waals surface area (Å²) in [4.78, 5) is 27.1. The van der Waals surface area contributed by atoms with E-state index in [0.29, 0.717) is 18.0 Å². The quantitative estimate of drug-likeness (QED) is 0.687. The topological polar surface area (TPSA) is 47.2 Å². The number of amides is 1. The van der Waals surface area contributed by atoms with Crippen LogP contribution in [-0.2, 0) is 17.9 Å². The van der Waals surface area contributed by atoms with Gasteiger partial charge in [-0.3, -0.25) is 9.59 Å². The van der Waals surface area contributed by atoms with Crippen LogP contribution in [0.1, 0.15) is 18.4 Å². The van der Waals surface area contributed by atoms with Gasteiger partial charge in [0.15, 0.2) is 0 Å². The van der Waals surface area contributed by atoms with Gasteiger partial charge in [0.25, 0.3) is 5.56 Å². The average Bonchev–Trinajstić information content (AvgIpc) is 3.37. The summed E-state index contributed by atoms with van der Waals surface area (Å²) < 4.78 is 3.48. The molecule has 4 rings (SSSR count). The van der Waals surface area contributed by atoms with Crippen molar-refractivity contribution in [2.45, 2.75) is 25.9 Å². The fourth-order valence-corrected chi connectivity index (χ4v) is 3.34. The van der Waals surface area contributed by atoms with Gasteiger partial charge in [-0.15, -0.1) is 0 Å². The van der Waals surface area contributed by atoms with Crippen LogP contribution in [0.3, 0.4) is 0 Å². The van der Waals surface area contributed by atoms with E-state index in [-0.39, 0.29) is 18.0 Å². The van der Waals surface area contributed by atoms with Crippen molar-refractivity contribution in [3.8, 4) is 0 Å². The van der Waals surface area contributed by atoms with Gasteiger partial charge in [0.2, 0.25) is 5.91 Å². The molecule has 1 fully saturated rings. The number of likely N-dealkylation sites (N-methyl/N-ethyl adjacent to an activating group) is 1. The maximum Gasteiger partial charge on any atom is 0.275 e. The largest absolute Gasteiger partial charge is 0.344 e. The van der Waals surface area contributed by atoms with E-state index in [4.69, 9.17) is 0 Å². The molecule has 1 aliphatic rings. The minimum atomic E-state index is -0.114. The van der Waals surface area contributed by atoms with E-state index in [0.717, 1.165) is 17.5 Å². The lowest BCUT2D eigenvalue weighted by molar-refractivity contribution is -0.130. The molecule has 5 heteroatoms. The molecule has 0 N–H and O–H groups in total. The van der Waals surface area contributed by atoms with E-state index >= 15 is 0 Å². The highest BCUT2D eigenvalue weighted by molar-refractivity contribution is 5.80. The third-order valence-electron chi connectivity index (χ3n) is 5.05. The van der Waals surface area contributed by atoms with E-state index < -0.39 is 0 Å². The van der Waals surface area contributed by atoms with Crippen molar-refractivity contribution >= 4 is 16.8 Å². The van der Waals surface area contributed by atoms with E-state index in [1.807, 2.05) is 60.3 Å². The highest BCUT2D eigenvalue weighted by Crippen LogP contribution is 2.29. The summed E-state index contributed by atoms with van der Waals surface area (Å²) in [7, 11) is 1.82. The predicted molar refractivity (Wildman–Crippen MR) is 102 cm³/mol. The Morgan fingerprint density at radius 2 is 1.77 bits per heavy atom. The van der Waals surface area contributed by atoms with Crippen LogP contribution in [0.2, 0.25) is 0 Å². The molecule has 2 heterocycles. The second kappa shape index (κ2) is 6.83. The maximum atomic E-state index is 13.0. The van der Waals surface area contributed by atoms with Gasteiger partial charge in [-0.2, -0.15) is 0 Å². The van der Waals surface area contributed by atoms with Crippen molar-refractivity contribution in [3.05, 3.63) is 70.8 Å². The Labute approximate surface area is 152 Å². The van der Waals surface area contributed by atoms with Gasteiger partial charge in [-0.05, 0) is 36.5 Å². The molecule has 26 heavy (non-hydrogen) atoms. The fourth-order valence-electron chi connectivity index (χ4n) is 3.34. The summed E-state index contributed by atoms with van der Waals surface area (Å²) in [5.41, 5.74) is 1.67. The smallest absolute Gasteiger partial charge is 0.275 e. The standard InChI is InChI=1S/C21H23N3O2/c1-22(13-17-7-8-17)19(25)15-24-12-10-18-9-11-23(20(18)21(24)26)14-16-5-3-2-4-6-16/h2-6,9-12,17H,7-8,13-15H2,1H3. The predicted octanol–water partition coefficient (Wildman–Crippen LogP) is 2.72. The Morgan fingerprint density at radius 1 is 1.08 bits per heavy atom. The van der Waals surface area contributed by atoms with Crippen molar-refractivity contribution in [2.24, 2.45) is 5.92 Å². The first-order valence-electron chi connectivity index (χ1n) is 9.08. The van der Waals surface area contributed by atoms with Crippen LogP contribution in [0.25, 0.3) is 10.9 Å². The van der Waals surface area contributed by atoms with E-state index in [1.54, 1.807) is 11.1 Å². The molecule has 1 amide bonds. The molecule has 2 aromatic heterocycles. The van der Waals surface area contributed by atoms with Crippen molar-refractivity contribution in [3.63, 3.8) is 0 Å². The number of carbonyl (C=O) groups is 1. The van der Waals surface area contributed by atoms with Gasteiger partial charge in [-0.25, -0.2) is 0 Å². The average molecular weight is 349 g/mol. The van der Waals surface area contributed by atoms with Gasteiger partial charge in [0.05, 0.1) is 0 Å². The molecule has 0 radical (unpaired) electrons.